The van der Waals surface area contributed by atoms with Crippen molar-refractivity contribution in [3.05, 3.63) is 24.0 Å². The molecule has 0 aliphatic carbocycles. The third-order valence-corrected chi connectivity index (χ3v) is 0.484. The smallest absolute Gasteiger partial charge is 0.155 e. The maximum atomic E-state index is 8.07. The SMILES string of the molecule is C=C(Cl)N=NC(=C)C#N. The number of halogens is 1. The molecular weight excluding hydrogens is 138 g/mol. The van der Waals surface area contributed by atoms with Gasteiger partial charge < -0.3 is 0 Å². The van der Waals surface area contributed by atoms with Crippen molar-refractivity contribution in [3.8, 4) is 6.07 Å². The van der Waals surface area contributed by atoms with Gasteiger partial charge in [-0.05, 0) is 0 Å². The highest BCUT2D eigenvalue weighted by Gasteiger charge is 1.82. The molecule has 0 heterocycles. The molecule has 3 nitrogen and oxygen atoms in total. The van der Waals surface area contributed by atoms with E-state index in [0.29, 0.717) is 0 Å². The lowest BCUT2D eigenvalue weighted by molar-refractivity contribution is 1.16. The van der Waals surface area contributed by atoms with Crippen LogP contribution in [0.25, 0.3) is 0 Å². The van der Waals surface area contributed by atoms with Crippen LogP contribution in [-0.2, 0) is 0 Å². The molecule has 9 heavy (non-hydrogen) atoms. The van der Waals surface area contributed by atoms with E-state index in [4.69, 9.17) is 16.9 Å². The highest BCUT2D eigenvalue weighted by molar-refractivity contribution is 6.28. The summed E-state index contributed by atoms with van der Waals surface area (Å²) in [5.41, 5.74) is 0.0109. The van der Waals surface area contributed by atoms with E-state index < -0.39 is 0 Å². The summed E-state index contributed by atoms with van der Waals surface area (Å²) in [5.74, 6) is 0. The topological polar surface area (TPSA) is 48.5 Å². The average molecular weight is 142 g/mol. The minimum absolute atomic E-state index is 0.0109. The van der Waals surface area contributed by atoms with Gasteiger partial charge in [0.1, 0.15) is 11.2 Å². The number of allylic oxidation sites excluding steroid dienone is 1. The van der Waals surface area contributed by atoms with Crippen molar-refractivity contribution in [1.29, 1.82) is 5.26 Å². The van der Waals surface area contributed by atoms with E-state index in [-0.39, 0.29) is 10.9 Å². The molecule has 0 saturated heterocycles. The lowest BCUT2D eigenvalue weighted by atomic mass is 10.6. The fraction of sp³-hybridized carbons (Fsp3) is 0. The molecule has 0 unspecified atom stereocenters. The van der Waals surface area contributed by atoms with Gasteiger partial charge in [0.2, 0.25) is 0 Å². The minimum atomic E-state index is 0.0109. The van der Waals surface area contributed by atoms with Gasteiger partial charge in [0, 0.05) is 0 Å². The predicted octanol–water partition coefficient (Wildman–Crippen LogP) is 2.19. The number of rotatable bonds is 2. The van der Waals surface area contributed by atoms with E-state index in [1.807, 2.05) is 0 Å². The molecule has 0 aromatic carbocycles. The van der Waals surface area contributed by atoms with Gasteiger partial charge in [-0.2, -0.15) is 5.26 Å². The van der Waals surface area contributed by atoms with Crippen LogP contribution in [-0.4, -0.2) is 0 Å². The van der Waals surface area contributed by atoms with Gasteiger partial charge in [0.15, 0.2) is 5.70 Å². The van der Waals surface area contributed by atoms with Crippen molar-refractivity contribution in [1.82, 2.24) is 0 Å². The lowest BCUT2D eigenvalue weighted by Crippen LogP contribution is -1.63. The minimum Gasteiger partial charge on any atom is -0.191 e. The van der Waals surface area contributed by atoms with Gasteiger partial charge in [-0.1, -0.05) is 24.8 Å². The van der Waals surface area contributed by atoms with Crippen LogP contribution in [0.2, 0.25) is 0 Å². The number of nitriles is 1. The number of nitrogens with zero attached hydrogens (tertiary/aromatic N) is 3. The highest BCUT2D eigenvalue weighted by atomic mass is 35.5. The molecule has 46 valence electrons. The fourth-order valence-electron chi connectivity index (χ4n) is 0.137. The van der Waals surface area contributed by atoms with E-state index in [1.54, 1.807) is 6.07 Å². The first-order chi connectivity index (χ1) is 4.16. The fourth-order valence-corrected chi connectivity index (χ4v) is 0.175. The zero-order valence-corrected chi connectivity index (χ0v) is 5.39. The molecule has 0 saturated carbocycles. The van der Waals surface area contributed by atoms with Gasteiger partial charge in [-0.15, -0.1) is 10.2 Å². The summed E-state index contributed by atoms with van der Waals surface area (Å²) >= 11 is 5.17. The zero-order chi connectivity index (χ0) is 7.28. The molecule has 0 aliphatic heterocycles. The molecule has 0 spiro atoms. The second-order valence-electron chi connectivity index (χ2n) is 1.13. The quantitative estimate of drug-likeness (QED) is 0.330. The first-order valence-electron chi connectivity index (χ1n) is 2.02. The Morgan fingerprint density at radius 3 is 2.33 bits per heavy atom. The summed E-state index contributed by atoms with van der Waals surface area (Å²) in [4.78, 5) is 0. The molecule has 0 fully saturated rings. The summed E-state index contributed by atoms with van der Waals surface area (Å²) in [6, 6.07) is 1.67. The first kappa shape index (κ1) is 7.86. The Morgan fingerprint density at radius 2 is 2.00 bits per heavy atom. The second-order valence-corrected chi connectivity index (χ2v) is 1.57. The van der Waals surface area contributed by atoms with Crippen LogP contribution in [0.3, 0.4) is 0 Å². The molecule has 4 heteroatoms. The number of azo groups is 1. The van der Waals surface area contributed by atoms with E-state index >= 15 is 0 Å². The number of hydrogen-bond acceptors (Lipinski definition) is 3. The van der Waals surface area contributed by atoms with Crippen LogP contribution >= 0.6 is 11.6 Å². The molecule has 0 N–H and O–H groups in total. The third-order valence-electron chi connectivity index (χ3n) is 0.408. The van der Waals surface area contributed by atoms with Gasteiger partial charge >= 0.3 is 0 Å². The Kier molecular flexibility index (Phi) is 3.33. The Balaban J connectivity index is 3.90. The largest absolute Gasteiger partial charge is 0.191 e. The Labute approximate surface area is 58.0 Å². The van der Waals surface area contributed by atoms with E-state index in [9.17, 15) is 0 Å². The summed E-state index contributed by atoms with van der Waals surface area (Å²) < 4.78 is 0. The van der Waals surface area contributed by atoms with E-state index in [2.05, 4.69) is 23.4 Å². The lowest BCUT2D eigenvalue weighted by Gasteiger charge is -1.79. The molecule has 0 rings (SSSR count). The molecule has 0 amide bonds. The highest BCUT2D eigenvalue weighted by Crippen LogP contribution is 2.01. The van der Waals surface area contributed by atoms with E-state index in [1.165, 1.54) is 0 Å². The summed E-state index contributed by atoms with van der Waals surface area (Å²) in [7, 11) is 0. The molecule has 0 bridgehead atoms. The van der Waals surface area contributed by atoms with Crippen LogP contribution in [0.15, 0.2) is 34.2 Å². The van der Waals surface area contributed by atoms with Crippen molar-refractivity contribution in [2.24, 2.45) is 10.2 Å². The second kappa shape index (κ2) is 3.81. The monoisotopic (exact) mass is 141 g/mol. The van der Waals surface area contributed by atoms with Crippen molar-refractivity contribution in [2.75, 3.05) is 0 Å². The zero-order valence-electron chi connectivity index (χ0n) is 4.63. The van der Waals surface area contributed by atoms with Gasteiger partial charge in [-0.25, -0.2) is 0 Å². The van der Waals surface area contributed by atoms with Crippen LogP contribution in [0, 0.1) is 11.3 Å². The van der Waals surface area contributed by atoms with Crippen molar-refractivity contribution < 1.29 is 0 Å². The summed E-state index contributed by atoms with van der Waals surface area (Å²) in [6.45, 7) is 6.44. The Morgan fingerprint density at radius 1 is 1.44 bits per heavy atom. The van der Waals surface area contributed by atoms with Gasteiger partial charge in [0.05, 0.1) is 0 Å². The number of hydrogen-bond donors (Lipinski definition) is 0. The first-order valence-corrected chi connectivity index (χ1v) is 2.39. The average Bonchev–Trinajstić information content (AvgIpc) is 1.83. The van der Waals surface area contributed by atoms with Crippen LogP contribution in [0.1, 0.15) is 0 Å². The molecular formula is C5H4ClN3. The van der Waals surface area contributed by atoms with Crippen molar-refractivity contribution in [3.63, 3.8) is 0 Å². The maximum Gasteiger partial charge on any atom is 0.155 e. The summed E-state index contributed by atoms with van der Waals surface area (Å²) in [5, 5.41) is 14.7. The molecule has 0 aliphatic rings. The molecule has 0 atom stereocenters. The van der Waals surface area contributed by atoms with Crippen LogP contribution in [0.4, 0.5) is 0 Å². The molecule has 0 aromatic rings. The van der Waals surface area contributed by atoms with Crippen molar-refractivity contribution >= 4 is 11.6 Å². The maximum absolute atomic E-state index is 8.07. The predicted molar refractivity (Wildman–Crippen MR) is 34.6 cm³/mol. The van der Waals surface area contributed by atoms with Crippen molar-refractivity contribution in [2.45, 2.75) is 0 Å². The standard InChI is InChI=1S/C5H4ClN3/c1-4(3-7)8-9-5(2)6/h1-2H2. The Hall–Kier alpha value is -1.14. The van der Waals surface area contributed by atoms with Gasteiger partial charge in [-0.3, -0.25) is 0 Å². The molecule has 0 aromatic heterocycles. The summed E-state index contributed by atoms with van der Waals surface area (Å²) in [6.07, 6.45) is 0. The van der Waals surface area contributed by atoms with Crippen LogP contribution in [0.5, 0.6) is 0 Å². The Bertz CT molecular complexity index is 199. The molecule has 0 radical (unpaired) electrons. The van der Waals surface area contributed by atoms with Gasteiger partial charge in [0.25, 0.3) is 0 Å². The van der Waals surface area contributed by atoms with E-state index in [0.717, 1.165) is 0 Å². The third kappa shape index (κ3) is 4.72. The van der Waals surface area contributed by atoms with Crippen LogP contribution < -0.4 is 0 Å². The normalized spacial score (nSPS) is 8.89.